The highest BCUT2D eigenvalue weighted by atomic mass is 16.5. The monoisotopic (exact) mass is 382 g/mol. The molecule has 0 unspecified atom stereocenters. The first-order valence-corrected chi connectivity index (χ1v) is 9.40. The third kappa shape index (κ3) is 5.71. The highest BCUT2D eigenvalue weighted by Gasteiger charge is 2.14. The Labute approximate surface area is 165 Å². The van der Waals surface area contributed by atoms with Gasteiger partial charge in [0, 0.05) is 17.7 Å². The molecule has 0 saturated carbocycles. The molecular weight excluding hydrogens is 356 g/mol. The molecule has 0 bridgehead atoms. The van der Waals surface area contributed by atoms with Crippen LogP contribution in [0.15, 0.2) is 54.6 Å². The van der Waals surface area contributed by atoms with Crippen molar-refractivity contribution in [3.63, 3.8) is 0 Å². The maximum Gasteiger partial charge on any atom is 0.331 e. The van der Waals surface area contributed by atoms with Crippen molar-refractivity contribution in [1.29, 1.82) is 0 Å². The summed E-state index contributed by atoms with van der Waals surface area (Å²) in [5.41, 5.74) is 1.23. The third-order valence-corrected chi connectivity index (χ3v) is 4.10. The number of hydrogen-bond acceptors (Lipinski definition) is 5. The van der Waals surface area contributed by atoms with Crippen LogP contribution in [0, 0.1) is 0 Å². The largest absolute Gasteiger partial charge is 0.496 e. The van der Waals surface area contributed by atoms with E-state index < -0.39 is 11.9 Å². The zero-order chi connectivity index (χ0) is 20.4. The average molecular weight is 382 g/mol. The van der Waals surface area contributed by atoms with Crippen LogP contribution >= 0.6 is 0 Å². The molecule has 0 N–H and O–H groups in total. The summed E-state index contributed by atoms with van der Waals surface area (Å²) in [6, 6.07) is 11.6. The number of rotatable bonds is 9. The van der Waals surface area contributed by atoms with E-state index in [1.165, 1.54) is 12.2 Å². The highest BCUT2D eigenvalue weighted by Crippen LogP contribution is 2.34. The first-order chi connectivity index (χ1) is 13.6. The van der Waals surface area contributed by atoms with Crippen molar-refractivity contribution in [2.75, 3.05) is 20.3 Å². The first-order valence-electron chi connectivity index (χ1n) is 9.40. The molecule has 148 valence electrons. The van der Waals surface area contributed by atoms with Gasteiger partial charge in [-0.3, -0.25) is 0 Å². The molecule has 0 aliphatic heterocycles. The third-order valence-electron chi connectivity index (χ3n) is 4.10. The standard InChI is InChI=1S/C23H26O5/c1-4-6-15-28-21(24)14-12-18(16-22(25)27-5-2)23-19-10-8-7-9-17(19)11-13-20(23)26-3/h7-14,16H,4-6,15H2,1-3H3/b14-12+,18-16-. The van der Waals surface area contributed by atoms with Crippen molar-refractivity contribution < 1.29 is 23.8 Å². The average Bonchev–Trinajstić information content (AvgIpc) is 2.70. The van der Waals surface area contributed by atoms with Crippen molar-refractivity contribution in [1.82, 2.24) is 0 Å². The van der Waals surface area contributed by atoms with Crippen LogP contribution in [-0.2, 0) is 19.1 Å². The van der Waals surface area contributed by atoms with Crippen LogP contribution in [0.25, 0.3) is 16.3 Å². The summed E-state index contributed by atoms with van der Waals surface area (Å²) in [4.78, 5) is 24.1. The number of methoxy groups -OCH3 is 1. The first kappa shape index (κ1) is 21.2. The van der Waals surface area contributed by atoms with Gasteiger partial charge in [-0.15, -0.1) is 0 Å². The second-order valence-corrected chi connectivity index (χ2v) is 6.07. The number of ether oxygens (including phenoxy) is 3. The summed E-state index contributed by atoms with van der Waals surface area (Å²) in [6.45, 7) is 4.40. The lowest BCUT2D eigenvalue weighted by Gasteiger charge is -2.13. The number of allylic oxidation sites excluding steroid dienone is 2. The van der Waals surface area contributed by atoms with Gasteiger partial charge in [0.25, 0.3) is 0 Å². The van der Waals surface area contributed by atoms with Crippen LogP contribution in [-0.4, -0.2) is 32.3 Å². The summed E-state index contributed by atoms with van der Waals surface area (Å²) in [5, 5.41) is 1.90. The van der Waals surface area contributed by atoms with E-state index >= 15 is 0 Å². The molecule has 0 aliphatic carbocycles. The molecule has 0 aromatic heterocycles. The number of unbranched alkanes of at least 4 members (excludes halogenated alkanes) is 1. The SMILES string of the molecule is CCCCOC(=O)/C=C/C(=C/C(=O)OCC)c1c(OC)ccc2ccccc12. The van der Waals surface area contributed by atoms with Crippen molar-refractivity contribution >= 4 is 28.3 Å². The van der Waals surface area contributed by atoms with Gasteiger partial charge in [-0.2, -0.15) is 0 Å². The van der Waals surface area contributed by atoms with Crippen LogP contribution in [0.5, 0.6) is 5.75 Å². The van der Waals surface area contributed by atoms with E-state index in [1.807, 2.05) is 43.3 Å². The Kier molecular flexibility index (Phi) is 8.28. The Morgan fingerprint density at radius 3 is 2.46 bits per heavy atom. The van der Waals surface area contributed by atoms with E-state index in [1.54, 1.807) is 20.1 Å². The number of carbonyl (C=O) groups excluding carboxylic acids is 2. The molecule has 5 nitrogen and oxygen atoms in total. The normalized spacial score (nSPS) is 11.6. The van der Waals surface area contributed by atoms with E-state index in [0.717, 1.165) is 23.6 Å². The van der Waals surface area contributed by atoms with E-state index in [-0.39, 0.29) is 6.61 Å². The van der Waals surface area contributed by atoms with E-state index in [2.05, 4.69) is 0 Å². The summed E-state index contributed by atoms with van der Waals surface area (Å²) < 4.78 is 15.7. The molecular formula is C23H26O5. The molecule has 28 heavy (non-hydrogen) atoms. The van der Waals surface area contributed by atoms with Crippen LogP contribution in [0.1, 0.15) is 32.3 Å². The zero-order valence-electron chi connectivity index (χ0n) is 16.6. The Balaban J connectivity index is 2.49. The maximum atomic E-state index is 12.1. The highest BCUT2D eigenvalue weighted by molar-refractivity contribution is 6.04. The molecule has 0 atom stereocenters. The van der Waals surface area contributed by atoms with Crippen LogP contribution in [0.4, 0.5) is 0 Å². The van der Waals surface area contributed by atoms with Crippen molar-refractivity contribution in [3.8, 4) is 5.75 Å². The Morgan fingerprint density at radius 2 is 1.75 bits per heavy atom. The molecule has 0 heterocycles. The second-order valence-electron chi connectivity index (χ2n) is 6.07. The number of fused-ring (bicyclic) bond motifs is 1. The smallest absolute Gasteiger partial charge is 0.331 e. The predicted octanol–water partition coefficient (Wildman–Crippen LogP) is 4.69. The summed E-state index contributed by atoms with van der Waals surface area (Å²) >= 11 is 0. The van der Waals surface area contributed by atoms with E-state index in [9.17, 15) is 9.59 Å². The lowest BCUT2D eigenvalue weighted by Crippen LogP contribution is -2.04. The minimum absolute atomic E-state index is 0.262. The van der Waals surface area contributed by atoms with Crippen molar-refractivity contribution in [2.45, 2.75) is 26.7 Å². The van der Waals surface area contributed by atoms with Gasteiger partial charge < -0.3 is 14.2 Å². The maximum absolute atomic E-state index is 12.1. The zero-order valence-corrected chi connectivity index (χ0v) is 16.6. The van der Waals surface area contributed by atoms with Crippen LogP contribution in [0.3, 0.4) is 0 Å². The van der Waals surface area contributed by atoms with Gasteiger partial charge in [0.15, 0.2) is 0 Å². The summed E-state index contributed by atoms with van der Waals surface area (Å²) in [5.74, 6) is -0.350. The van der Waals surface area contributed by atoms with Gasteiger partial charge in [-0.25, -0.2) is 9.59 Å². The Bertz CT molecular complexity index is 880. The van der Waals surface area contributed by atoms with E-state index in [0.29, 0.717) is 23.5 Å². The van der Waals surface area contributed by atoms with Crippen LogP contribution < -0.4 is 4.74 Å². The second kappa shape index (κ2) is 10.9. The van der Waals surface area contributed by atoms with Crippen molar-refractivity contribution in [3.05, 3.63) is 60.2 Å². The predicted molar refractivity (Wildman–Crippen MR) is 110 cm³/mol. The Hall–Kier alpha value is -3.08. The Morgan fingerprint density at radius 1 is 0.964 bits per heavy atom. The molecule has 2 rings (SSSR count). The molecule has 2 aromatic carbocycles. The quantitative estimate of drug-likeness (QED) is 0.272. The fourth-order valence-corrected chi connectivity index (χ4v) is 2.76. The molecule has 0 amide bonds. The fourth-order valence-electron chi connectivity index (χ4n) is 2.76. The molecule has 0 fully saturated rings. The fraction of sp³-hybridized carbons (Fsp3) is 0.304. The molecule has 5 heteroatoms. The van der Waals surface area contributed by atoms with Crippen molar-refractivity contribution in [2.24, 2.45) is 0 Å². The number of benzene rings is 2. The topological polar surface area (TPSA) is 61.8 Å². The molecule has 0 aliphatic rings. The van der Waals surface area contributed by atoms with Gasteiger partial charge in [0.1, 0.15) is 5.75 Å². The molecule has 0 spiro atoms. The summed E-state index contributed by atoms with van der Waals surface area (Å²) in [6.07, 6.45) is 6.00. The number of hydrogen-bond donors (Lipinski definition) is 0. The summed E-state index contributed by atoms with van der Waals surface area (Å²) in [7, 11) is 1.57. The lowest BCUT2D eigenvalue weighted by atomic mass is 9.96. The van der Waals surface area contributed by atoms with Gasteiger partial charge in [-0.05, 0) is 41.8 Å². The molecule has 0 radical (unpaired) electrons. The molecule has 0 saturated heterocycles. The number of esters is 2. The van der Waals surface area contributed by atoms with Gasteiger partial charge in [0.2, 0.25) is 0 Å². The van der Waals surface area contributed by atoms with Crippen LogP contribution in [0.2, 0.25) is 0 Å². The minimum Gasteiger partial charge on any atom is -0.496 e. The molecule has 2 aromatic rings. The van der Waals surface area contributed by atoms with E-state index in [4.69, 9.17) is 14.2 Å². The number of carbonyl (C=O) groups is 2. The van der Waals surface area contributed by atoms with Gasteiger partial charge in [-0.1, -0.05) is 43.7 Å². The van der Waals surface area contributed by atoms with Gasteiger partial charge in [0.05, 0.1) is 20.3 Å². The van der Waals surface area contributed by atoms with Gasteiger partial charge >= 0.3 is 11.9 Å². The lowest BCUT2D eigenvalue weighted by molar-refractivity contribution is -0.138. The minimum atomic E-state index is -0.489.